The van der Waals surface area contributed by atoms with Gasteiger partial charge in [0.05, 0.1) is 0 Å². The summed E-state index contributed by atoms with van der Waals surface area (Å²) in [6.07, 6.45) is 4.51. The maximum atomic E-state index is 12.1. The Labute approximate surface area is 134 Å². The second kappa shape index (κ2) is 7.66. The molecule has 0 aliphatic carbocycles. The first-order valence-electron chi connectivity index (χ1n) is 8.46. The molecule has 3 heteroatoms. The van der Waals surface area contributed by atoms with E-state index >= 15 is 0 Å². The minimum Gasteiger partial charge on any atom is -0.445 e. The van der Waals surface area contributed by atoms with Crippen molar-refractivity contribution >= 4 is 6.09 Å². The molecule has 122 valence electrons. The third-order valence-electron chi connectivity index (χ3n) is 4.88. The van der Waals surface area contributed by atoms with E-state index in [4.69, 9.17) is 4.74 Å². The average molecular weight is 303 g/mol. The van der Waals surface area contributed by atoms with E-state index in [9.17, 15) is 4.79 Å². The van der Waals surface area contributed by atoms with Crippen LogP contribution < -0.4 is 0 Å². The summed E-state index contributed by atoms with van der Waals surface area (Å²) in [5.41, 5.74) is 1.45. The van der Waals surface area contributed by atoms with Gasteiger partial charge in [-0.05, 0) is 36.2 Å². The van der Waals surface area contributed by atoms with Crippen molar-refractivity contribution in [1.82, 2.24) is 4.90 Å². The summed E-state index contributed by atoms with van der Waals surface area (Å²) in [5.74, 6) is 0.744. The van der Waals surface area contributed by atoms with Gasteiger partial charge in [0, 0.05) is 13.1 Å². The monoisotopic (exact) mass is 303 g/mol. The van der Waals surface area contributed by atoms with Crippen molar-refractivity contribution in [2.24, 2.45) is 11.3 Å². The number of rotatable bonds is 5. The highest BCUT2D eigenvalue weighted by atomic mass is 16.6. The first kappa shape index (κ1) is 16.9. The second-order valence-corrected chi connectivity index (χ2v) is 7.19. The lowest BCUT2D eigenvalue weighted by atomic mass is 9.77. The van der Waals surface area contributed by atoms with Gasteiger partial charge in [-0.1, -0.05) is 57.5 Å². The third-order valence-corrected chi connectivity index (χ3v) is 4.88. The fourth-order valence-corrected chi connectivity index (χ4v) is 3.06. The Kier molecular flexibility index (Phi) is 5.87. The van der Waals surface area contributed by atoms with Crippen molar-refractivity contribution in [3.8, 4) is 0 Å². The molecule has 0 saturated carbocycles. The summed E-state index contributed by atoms with van der Waals surface area (Å²) in [7, 11) is 0. The van der Waals surface area contributed by atoms with Crippen LogP contribution in [0.15, 0.2) is 30.3 Å². The van der Waals surface area contributed by atoms with Crippen molar-refractivity contribution in [1.29, 1.82) is 0 Å². The van der Waals surface area contributed by atoms with Gasteiger partial charge >= 0.3 is 6.09 Å². The molecule has 1 aliphatic heterocycles. The molecule has 0 radical (unpaired) electrons. The second-order valence-electron chi connectivity index (χ2n) is 7.19. The number of ether oxygens (including phenoxy) is 1. The summed E-state index contributed by atoms with van der Waals surface area (Å²) in [6, 6.07) is 9.85. The number of amides is 1. The first-order chi connectivity index (χ1) is 10.5. The maximum absolute atomic E-state index is 12.1. The predicted octanol–water partition coefficient (Wildman–Crippen LogP) is 4.86. The lowest BCUT2D eigenvalue weighted by molar-refractivity contribution is 0.0768. The van der Waals surface area contributed by atoms with Crippen LogP contribution in [0.25, 0.3) is 0 Å². The van der Waals surface area contributed by atoms with E-state index in [1.54, 1.807) is 0 Å². The summed E-state index contributed by atoms with van der Waals surface area (Å²) in [6.45, 7) is 8.97. The fourth-order valence-electron chi connectivity index (χ4n) is 3.06. The zero-order valence-electron chi connectivity index (χ0n) is 14.2. The number of likely N-dealkylation sites (tertiary alicyclic amines) is 1. The molecule has 3 nitrogen and oxygen atoms in total. The van der Waals surface area contributed by atoms with Crippen LogP contribution in [0.4, 0.5) is 4.79 Å². The Morgan fingerprint density at radius 2 is 1.86 bits per heavy atom. The molecule has 0 bridgehead atoms. The predicted molar refractivity (Wildman–Crippen MR) is 89.6 cm³/mol. The van der Waals surface area contributed by atoms with Gasteiger partial charge in [-0.15, -0.1) is 0 Å². The van der Waals surface area contributed by atoms with Crippen LogP contribution in [-0.4, -0.2) is 24.1 Å². The molecule has 0 spiro atoms. The molecule has 1 saturated heterocycles. The van der Waals surface area contributed by atoms with Crippen molar-refractivity contribution < 1.29 is 9.53 Å². The van der Waals surface area contributed by atoms with E-state index < -0.39 is 0 Å². The molecule has 0 N–H and O–H groups in total. The average Bonchev–Trinajstić information content (AvgIpc) is 2.54. The highest BCUT2D eigenvalue weighted by Crippen LogP contribution is 2.33. The molecule has 1 heterocycles. The molecule has 22 heavy (non-hydrogen) atoms. The van der Waals surface area contributed by atoms with Crippen LogP contribution in [0.2, 0.25) is 0 Å². The quantitative estimate of drug-likeness (QED) is 0.777. The van der Waals surface area contributed by atoms with E-state index in [0.29, 0.717) is 12.0 Å². The molecule has 1 fully saturated rings. The Morgan fingerprint density at radius 3 is 2.45 bits per heavy atom. The van der Waals surface area contributed by atoms with Crippen LogP contribution in [0, 0.1) is 11.3 Å². The number of carbonyl (C=O) groups excluding carboxylic acids is 1. The first-order valence-corrected chi connectivity index (χ1v) is 8.46. The van der Waals surface area contributed by atoms with E-state index in [-0.39, 0.29) is 6.09 Å². The van der Waals surface area contributed by atoms with E-state index in [1.165, 1.54) is 12.8 Å². The number of piperidine rings is 1. The Hall–Kier alpha value is -1.51. The Balaban J connectivity index is 1.73. The van der Waals surface area contributed by atoms with Crippen LogP contribution in [0.5, 0.6) is 0 Å². The van der Waals surface area contributed by atoms with Gasteiger partial charge in [0.1, 0.15) is 6.61 Å². The van der Waals surface area contributed by atoms with E-state index in [0.717, 1.165) is 37.4 Å². The van der Waals surface area contributed by atoms with Gasteiger partial charge in [0.2, 0.25) is 0 Å². The SMILES string of the molecule is CCC(C)(C)CC1CCN(C(=O)OCc2ccccc2)CC1. The molecular formula is C19H29NO2. The van der Waals surface area contributed by atoms with Crippen molar-refractivity contribution in [3.05, 3.63) is 35.9 Å². The third kappa shape index (κ3) is 5.04. The molecule has 0 aromatic heterocycles. The van der Waals surface area contributed by atoms with E-state index in [2.05, 4.69) is 20.8 Å². The van der Waals surface area contributed by atoms with Gasteiger partial charge in [0.25, 0.3) is 0 Å². The lowest BCUT2D eigenvalue weighted by Gasteiger charge is -2.35. The summed E-state index contributed by atoms with van der Waals surface area (Å²) in [5, 5.41) is 0. The molecule has 0 atom stereocenters. The van der Waals surface area contributed by atoms with Gasteiger partial charge in [-0.25, -0.2) is 4.79 Å². The van der Waals surface area contributed by atoms with Crippen LogP contribution in [0.3, 0.4) is 0 Å². The van der Waals surface area contributed by atoms with Gasteiger partial charge in [-0.2, -0.15) is 0 Å². The minimum atomic E-state index is -0.169. The zero-order chi connectivity index (χ0) is 16.0. The highest BCUT2D eigenvalue weighted by molar-refractivity contribution is 5.67. The normalized spacial score (nSPS) is 16.6. The van der Waals surface area contributed by atoms with E-state index in [1.807, 2.05) is 35.2 Å². The van der Waals surface area contributed by atoms with Gasteiger partial charge in [-0.3, -0.25) is 0 Å². The van der Waals surface area contributed by atoms with Gasteiger partial charge < -0.3 is 9.64 Å². The molecular weight excluding hydrogens is 274 g/mol. The number of nitrogens with zero attached hydrogens (tertiary/aromatic N) is 1. The Morgan fingerprint density at radius 1 is 1.23 bits per heavy atom. The number of hydrogen-bond acceptors (Lipinski definition) is 2. The molecule has 1 aromatic rings. The largest absolute Gasteiger partial charge is 0.445 e. The smallest absolute Gasteiger partial charge is 0.410 e. The van der Waals surface area contributed by atoms with Crippen molar-refractivity contribution in [3.63, 3.8) is 0 Å². The van der Waals surface area contributed by atoms with Crippen molar-refractivity contribution in [2.45, 2.75) is 53.1 Å². The molecule has 1 amide bonds. The highest BCUT2D eigenvalue weighted by Gasteiger charge is 2.27. The number of hydrogen-bond donors (Lipinski definition) is 0. The maximum Gasteiger partial charge on any atom is 0.410 e. The molecule has 1 aromatic carbocycles. The lowest BCUT2D eigenvalue weighted by Crippen LogP contribution is -2.39. The summed E-state index contributed by atoms with van der Waals surface area (Å²) < 4.78 is 5.41. The fraction of sp³-hybridized carbons (Fsp3) is 0.632. The van der Waals surface area contributed by atoms with Crippen LogP contribution >= 0.6 is 0 Å². The standard InChI is InChI=1S/C19H29NO2/c1-4-19(2,3)14-16-10-12-20(13-11-16)18(21)22-15-17-8-6-5-7-9-17/h5-9,16H,4,10-15H2,1-3H3. The molecule has 2 rings (SSSR count). The molecule has 0 unspecified atom stereocenters. The Bertz CT molecular complexity index is 462. The van der Waals surface area contributed by atoms with Gasteiger partial charge in [0.15, 0.2) is 0 Å². The topological polar surface area (TPSA) is 29.5 Å². The number of benzene rings is 1. The molecule has 1 aliphatic rings. The zero-order valence-corrected chi connectivity index (χ0v) is 14.2. The summed E-state index contributed by atoms with van der Waals surface area (Å²) in [4.78, 5) is 14.0. The van der Waals surface area contributed by atoms with Crippen LogP contribution in [-0.2, 0) is 11.3 Å². The summed E-state index contributed by atoms with van der Waals surface area (Å²) >= 11 is 0. The number of carbonyl (C=O) groups is 1. The van der Waals surface area contributed by atoms with Crippen molar-refractivity contribution in [2.75, 3.05) is 13.1 Å². The minimum absolute atomic E-state index is 0.169. The van der Waals surface area contributed by atoms with Crippen LogP contribution in [0.1, 0.15) is 52.0 Å².